The van der Waals surface area contributed by atoms with E-state index in [1.807, 2.05) is 43.3 Å². The topological polar surface area (TPSA) is 64.1 Å². The molecule has 0 unspecified atom stereocenters. The van der Waals surface area contributed by atoms with Gasteiger partial charge in [-0.25, -0.2) is 0 Å². The van der Waals surface area contributed by atoms with Gasteiger partial charge in [-0.2, -0.15) is 0 Å². The monoisotopic (exact) mass is 333 g/mol. The van der Waals surface area contributed by atoms with E-state index in [0.29, 0.717) is 24.5 Å². The van der Waals surface area contributed by atoms with Gasteiger partial charge in [-0.05, 0) is 42.8 Å². The zero-order valence-electron chi connectivity index (χ0n) is 14.0. The summed E-state index contributed by atoms with van der Waals surface area (Å²) in [4.78, 5) is 20.9. The van der Waals surface area contributed by atoms with Crippen LogP contribution in [0.4, 0.5) is 0 Å². The normalized spacial score (nSPS) is 10.3. The van der Waals surface area contributed by atoms with Crippen molar-refractivity contribution in [2.24, 2.45) is 0 Å². The number of hydrogen-bond acceptors (Lipinski definition) is 4. The average molecular weight is 333 g/mol. The maximum absolute atomic E-state index is 12.4. The molecule has 5 nitrogen and oxygen atoms in total. The van der Waals surface area contributed by atoms with Gasteiger partial charge in [0.25, 0.3) is 5.91 Å². The molecule has 2 aromatic heterocycles. The summed E-state index contributed by atoms with van der Waals surface area (Å²) in [6.07, 6.45) is 5.26. The van der Waals surface area contributed by atoms with Gasteiger partial charge in [-0.3, -0.25) is 14.8 Å². The first-order chi connectivity index (χ1) is 12.3. The van der Waals surface area contributed by atoms with Crippen LogP contribution in [0.3, 0.4) is 0 Å². The van der Waals surface area contributed by atoms with Crippen LogP contribution >= 0.6 is 0 Å². The fourth-order valence-electron chi connectivity index (χ4n) is 2.43. The predicted molar refractivity (Wildman–Crippen MR) is 96.2 cm³/mol. The maximum atomic E-state index is 12.4. The fraction of sp³-hybridized carbons (Fsp3) is 0.150. The van der Waals surface area contributed by atoms with Crippen LogP contribution in [0, 0.1) is 0 Å². The van der Waals surface area contributed by atoms with E-state index in [0.717, 1.165) is 16.8 Å². The molecule has 0 saturated carbocycles. The van der Waals surface area contributed by atoms with E-state index in [4.69, 9.17) is 4.74 Å². The Labute approximate surface area is 146 Å². The zero-order valence-corrected chi connectivity index (χ0v) is 14.0. The van der Waals surface area contributed by atoms with Crippen molar-refractivity contribution in [1.29, 1.82) is 0 Å². The van der Waals surface area contributed by atoms with Gasteiger partial charge in [0.05, 0.1) is 17.9 Å². The Morgan fingerprint density at radius 3 is 2.68 bits per heavy atom. The van der Waals surface area contributed by atoms with E-state index in [1.54, 1.807) is 30.7 Å². The van der Waals surface area contributed by atoms with E-state index in [1.165, 1.54) is 0 Å². The molecule has 0 atom stereocenters. The number of nitrogens with one attached hydrogen (secondary N) is 1. The van der Waals surface area contributed by atoms with Gasteiger partial charge in [0.2, 0.25) is 0 Å². The number of pyridine rings is 2. The standard InChI is InChI=1S/C20H19N3O2/c1-2-25-19-8-4-3-7-17(19)20(24)23-13-15-9-10-18(22-12-15)16-6-5-11-21-14-16/h3-12,14H,2,13H2,1H3,(H,23,24). The molecular weight excluding hydrogens is 314 g/mol. The SMILES string of the molecule is CCOc1ccccc1C(=O)NCc1ccc(-c2cccnc2)nc1. The second kappa shape index (κ2) is 8.06. The van der Waals surface area contributed by atoms with E-state index in [9.17, 15) is 4.79 Å². The number of ether oxygens (including phenoxy) is 1. The predicted octanol–water partition coefficient (Wildman–Crippen LogP) is 3.47. The second-order valence-electron chi connectivity index (χ2n) is 5.41. The van der Waals surface area contributed by atoms with E-state index in [2.05, 4.69) is 15.3 Å². The Hall–Kier alpha value is -3.21. The lowest BCUT2D eigenvalue weighted by molar-refractivity contribution is 0.0947. The van der Waals surface area contributed by atoms with Crippen LogP contribution in [0.25, 0.3) is 11.3 Å². The molecule has 3 rings (SSSR count). The second-order valence-corrected chi connectivity index (χ2v) is 5.41. The number of carbonyl (C=O) groups excluding carboxylic acids is 1. The summed E-state index contributed by atoms with van der Waals surface area (Å²) < 4.78 is 5.50. The molecule has 3 aromatic rings. The van der Waals surface area contributed by atoms with Crippen molar-refractivity contribution in [3.05, 3.63) is 78.2 Å². The van der Waals surface area contributed by atoms with Gasteiger partial charge < -0.3 is 10.1 Å². The lowest BCUT2D eigenvalue weighted by atomic mass is 10.1. The smallest absolute Gasteiger partial charge is 0.255 e. The summed E-state index contributed by atoms with van der Waals surface area (Å²) in [5.41, 5.74) is 3.27. The highest BCUT2D eigenvalue weighted by atomic mass is 16.5. The third kappa shape index (κ3) is 4.20. The van der Waals surface area contributed by atoms with Crippen molar-refractivity contribution in [3.8, 4) is 17.0 Å². The van der Waals surface area contributed by atoms with Crippen molar-refractivity contribution in [2.45, 2.75) is 13.5 Å². The molecule has 1 N–H and O–H groups in total. The highest BCUT2D eigenvalue weighted by Gasteiger charge is 2.11. The van der Waals surface area contributed by atoms with E-state index >= 15 is 0 Å². The zero-order chi connectivity index (χ0) is 17.5. The summed E-state index contributed by atoms with van der Waals surface area (Å²) in [6, 6.07) is 14.9. The van der Waals surface area contributed by atoms with Gasteiger partial charge >= 0.3 is 0 Å². The van der Waals surface area contributed by atoms with Crippen molar-refractivity contribution in [1.82, 2.24) is 15.3 Å². The molecule has 0 saturated heterocycles. The summed E-state index contributed by atoms with van der Waals surface area (Å²) in [6.45, 7) is 2.81. The lowest BCUT2D eigenvalue weighted by Gasteiger charge is -2.10. The first-order valence-electron chi connectivity index (χ1n) is 8.13. The summed E-state index contributed by atoms with van der Waals surface area (Å²) in [5.74, 6) is 0.424. The minimum absolute atomic E-state index is 0.166. The summed E-state index contributed by atoms with van der Waals surface area (Å²) in [7, 11) is 0. The molecule has 0 radical (unpaired) electrons. The molecule has 1 aromatic carbocycles. The molecule has 1 amide bonds. The van der Waals surface area contributed by atoms with Crippen LogP contribution in [-0.4, -0.2) is 22.5 Å². The molecule has 0 bridgehead atoms. The Morgan fingerprint density at radius 1 is 1.08 bits per heavy atom. The quantitative estimate of drug-likeness (QED) is 0.750. The van der Waals surface area contributed by atoms with Crippen molar-refractivity contribution < 1.29 is 9.53 Å². The van der Waals surface area contributed by atoms with E-state index < -0.39 is 0 Å². The molecule has 5 heteroatoms. The van der Waals surface area contributed by atoms with Gasteiger partial charge in [0.15, 0.2) is 0 Å². The number of nitrogens with zero attached hydrogens (tertiary/aromatic N) is 2. The van der Waals surface area contributed by atoms with Crippen LogP contribution in [-0.2, 0) is 6.54 Å². The minimum Gasteiger partial charge on any atom is -0.493 e. The third-order valence-electron chi connectivity index (χ3n) is 3.67. The average Bonchev–Trinajstić information content (AvgIpc) is 2.68. The van der Waals surface area contributed by atoms with Crippen LogP contribution in [0.2, 0.25) is 0 Å². The highest BCUT2D eigenvalue weighted by Crippen LogP contribution is 2.18. The molecule has 0 spiro atoms. The van der Waals surface area contributed by atoms with Gasteiger partial charge in [0, 0.05) is 30.7 Å². The Bertz CT molecular complexity index is 833. The van der Waals surface area contributed by atoms with Crippen LogP contribution in [0.15, 0.2) is 67.1 Å². The summed E-state index contributed by atoms with van der Waals surface area (Å²) >= 11 is 0. The Kier molecular flexibility index (Phi) is 5.36. The maximum Gasteiger partial charge on any atom is 0.255 e. The van der Waals surface area contributed by atoms with Crippen molar-refractivity contribution >= 4 is 5.91 Å². The molecule has 126 valence electrons. The Balaban J connectivity index is 1.65. The number of rotatable bonds is 6. The lowest BCUT2D eigenvalue weighted by Crippen LogP contribution is -2.23. The molecule has 25 heavy (non-hydrogen) atoms. The number of carbonyl (C=O) groups is 1. The first-order valence-corrected chi connectivity index (χ1v) is 8.13. The van der Waals surface area contributed by atoms with Crippen molar-refractivity contribution in [2.75, 3.05) is 6.61 Å². The van der Waals surface area contributed by atoms with Crippen LogP contribution in [0.1, 0.15) is 22.8 Å². The molecule has 0 aliphatic carbocycles. The minimum atomic E-state index is -0.166. The number of benzene rings is 1. The van der Waals surface area contributed by atoms with E-state index in [-0.39, 0.29) is 5.91 Å². The third-order valence-corrected chi connectivity index (χ3v) is 3.67. The largest absolute Gasteiger partial charge is 0.493 e. The van der Waals surface area contributed by atoms with Crippen LogP contribution in [0.5, 0.6) is 5.75 Å². The molecular formula is C20H19N3O2. The first kappa shape index (κ1) is 16.6. The highest BCUT2D eigenvalue weighted by molar-refractivity contribution is 5.96. The summed E-state index contributed by atoms with van der Waals surface area (Å²) in [5, 5.41) is 2.90. The van der Waals surface area contributed by atoms with Gasteiger partial charge in [-0.1, -0.05) is 18.2 Å². The molecule has 0 aliphatic heterocycles. The van der Waals surface area contributed by atoms with Crippen molar-refractivity contribution in [3.63, 3.8) is 0 Å². The molecule has 0 aliphatic rings. The molecule has 2 heterocycles. The number of amides is 1. The number of para-hydroxylation sites is 1. The van der Waals surface area contributed by atoms with Gasteiger partial charge in [-0.15, -0.1) is 0 Å². The number of hydrogen-bond donors (Lipinski definition) is 1. The van der Waals surface area contributed by atoms with Crippen LogP contribution < -0.4 is 10.1 Å². The molecule has 0 fully saturated rings. The fourth-order valence-corrected chi connectivity index (χ4v) is 2.43. The number of aromatic nitrogens is 2. The Morgan fingerprint density at radius 2 is 1.96 bits per heavy atom. The van der Waals surface area contributed by atoms with Gasteiger partial charge in [0.1, 0.15) is 5.75 Å².